The predicted octanol–water partition coefficient (Wildman–Crippen LogP) is 1.65. The number of nitrogens with zero attached hydrogens (tertiary/aromatic N) is 2. The highest BCUT2D eigenvalue weighted by molar-refractivity contribution is 5.06. The van der Waals surface area contributed by atoms with Crippen molar-refractivity contribution in [1.82, 2.24) is 9.55 Å². The van der Waals surface area contributed by atoms with E-state index in [-0.39, 0.29) is 12.1 Å². The molecular weight excluding hydrogens is 150 g/mol. The summed E-state index contributed by atoms with van der Waals surface area (Å²) in [6.45, 7) is 7.73. The molecule has 0 saturated heterocycles. The van der Waals surface area contributed by atoms with Gasteiger partial charge in [-0.1, -0.05) is 6.08 Å². The van der Waals surface area contributed by atoms with Crippen LogP contribution in [0, 0.1) is 0 Å². The first-order valence-corrected chi connectivity index (χ1v) is 4.06. The third-order valence-corrected chi connectivity index (χ3v) is 1.94. The van der Waals surface area contributed by atoms with Gasteiger partial charge >= 0.3 is 0 Å². The summed E-state index contributed by atoms with van der Waals surface area (Å²) >= 11 is 0. The van der Waals surface area contributed by atoms with Crippen LogP contribution in [0.2, 0.25) is 0 Å². The van der Waals surface area contributed by atoms with Crippen LogP contribution in [-0.4, -0.2) is 9.55 Å². The van der Waals surface area contributed by atoms with Gasteiger partial charge in [-0.3, -0.25) is 0 Å². The Labute approximate surface area is 72.9 Å². The van der Waals surface area contributed by atoms with Gasteiger partial charge in [0.1, 0.15) is 0 Å². The molecule has 3 heteroatoms. The van der Waals surface area contributed by atoms with Crippen molar-refractivity contribution in [2.45, 2.75) is 25.9 Å². The second-order valence-electron chi connectivity index (χ2n) is 2.99. The largest absolute Gasteiger partial charge is 0.326 e. The van der Waals surface area contributed by atoms with Gasteiger partial charge in [-0.05, 0) is 13.8 Å². The molecule has 12 heavy (non-hydrogen) atoms. The fourth-order valence-corrected chi connectivity index (χ4v) is 1.12. The van der Waals surface area contributed by atoms with E-state index >= 15 is 0 Å². The molecule has 0 spiro atoms. The lowest BCUT2D eigenvalue weighted by atomic mass is 10.2. The molecule has 1 rings (SSSR count). The highest BCUT2D eigenvalue weighted by atomic mass is 15.1. The first-order chi connectivity index (χ1) is 5.66. The zero-order chi connectivity index (χ0) is 9.14. The Hall–Kier alpha value is -1.09. The molecule has 66 valence electrons. The van der Waals surface area contributed by atoms with Crippen LogP contribution in [0.4, 0.5) is 0 Å². The van der Waals surface area contributed by atoms with Crippen LogP contribution in [0.5, 0.6) is 0 Å². The molecule has 1 aromatic heterocycles. The Bertz CT molecular complexity index is 262. The van der Waals surface area contributed by atoms with Crippen molar-refractivity contribution < 1.29 is 0 Å². The number of imidazole rings is 1. The Balaban J connectivity index is 2.98. The minimum absolute atomic E-state index is 0.0231. The number of hydrogen-bond donors (Lipinski definition) is 1. The van der Waals surface area contributed by atoms with Crippen molar-refractivity contribution in [1.29, 1.82) is 0 Å². The second kappa shape index (κ2) is 3.54. The molecule has 0 fully saturated rings. The molecule has 0 radical (unpaired) electrons. The average Bonchev–Trinajstić information content (AvgIpc) is 2.50. The molecular formula is C9H15N3. The summed E-state index contributed by atoms with van der Waals surface area (Å²) in [4.78, 5) is 4.05. The maximum atomic E-state index is 5.76. The second-order valence-corrected chi connectivity index (χ2v) is 2.99. The highest BCUT2D eigenvalue weighted by Gasteiger charge is 2.08. The zero-order valence-electron chi connectivity index (χ0n) is 7.57. The van der Waals surface area contributed by atoms with Crippen LogP contribution in [0.15, 0.2) is 25.2 Å². The van der Waals surface area contributed by atoms with Gasteiger partial charge < -0.3 is 10.3 Å². The minimum atomic E-state index is 0.0231. The average molecular weight is 165 g/mol. The Morgan fingerprint density at radius 2 is 2.33 bits per heavy atom. The number of nitrogens with two attached hydrogens (primary N) is 1. The summed E-state index contributed by atoms with van der Waals surface area (Å²) < 4.78 is 2.03. The molecule has 3 nitrogen and oxygen atoms in total. The standard InChI is InChI=1S/C9H15N3/c1-4-7(2)12-6-11-5-9(12)8(3)10/h4-8H,1,10H2,2-3H3/t7?,8-/m0/s1. The van der Waals surface area contributed by atoms with Crippen LogP contribution in [0.3, 0.4) is 0 Å². The lowest BCUT2D eigenvalue weighted by Crippen LogP contribution is -2.13. The lowest BCUT2D eigenvalue weighted by Gasteiger charge is -2.14. The first kappa shape index (κ1) is 9.00. The van der Waals surface area contributed by atoms with Gasteiger partial charge in [0.05, 0.1) is 12.0 Å². The summed E-state index contributed by atoms with van der Waals surface area (Å²) in [6.07, 6.45) is 5.45. The van der Waals surface area contributed by atoms with E-state index in [0.717, 1.165) is 5.69 Å². The molecule has 0 aliphatic heterocycles. The molecule has 0 aliphatic rings. The maximum absolute atomic E-state index is 5.76. The Kier molecular flexibility index (Phi) is 2.65. The SMILES string of the molecule is C=CC(C)n1cncc1[C@H](C)N. The molecule has 0 aromatic carbocycles. The summed E-state index contributed by atoms with van der Waals surface area (Å²) in [5.74, 6) is 0. The first-order valence-electron chi connectivity index (χ1n) is 4.06. The van der Waals surface area contributed by atoms with Crippen molar-refractivity contribution >= 4 is 0 Å². The third-order valence-electron chi connectivity index (χ3n) is 1.94. The van der Waals surface area contributed by atoms with E-state index in [1.807, 2.05) is 17.6 Å². The quantitative estimate of drug-likeness (QED) is 0.692. The van der Waals surface area contributed by atoms with Gasteiger partial charge in [-0.2, -0.15) is 0 Å². The summed E-state index contributed by atoms with van der Waals surface area (Å²) in [5.41, 5.74) is 6.80. The molecule has 0 amide bonds. The van der Waals surface area contributed by atoms with Crippen molar-refractivity contribution in [3.63, 3.8) is 0 Å². The molecule has 2 N–H and O–H groups in total. The summed E-state index contributed by atoms with van der Waals surface area (Å²) in [6, 6.07) is 0.281. The Morgan fingerprint density at radius 1 is 1.67 bits per heavy atom. The van der Waals surface area contributed by atoms with Crippen LogP contribution >= 0.6 is 0 Å². The van der Waals surface area contributed by atoms with Crippen LogP contribution in [0.1, 0.15) is 31.6 Å². The fraction of sp³-hybridized carbons (Fsp3) is 0.444. The lowest BCUT2D eigenvalue weighted by molar-refractivity contribution is 0.597. The molecule has 0 bridgehead atoms. The van der Waals surface area contributed by atoms with Gasteiger partial charge in [0.2, 0.25) is 0 Å². The van der Waals surface area contributed by atoms with E-state index < -0.39 is 0 Å². The minimum Gasteiger partial charge on any atom is -0.326 e. The zero-order valence-corrected chi connectivity index (χ0v) is 7.57. The van der Waals surface area contributed by atoms with Gasteiger partial charge in [0, 0.05) is 18.3 Å². The van der Waals surface area contributed by atoms with E-state index in [1.54, 1.807) is 12.5 Å². The number of rotatable bonds is 3. The van der Waals surface area contributed by atoms with E-state index in [1.165, 1.54) is 0 Å². The van der Waals surface area contributed by atoms with E-state index in [0.29, 0.717) is 0 Å². The summed E-state index contributed by atoms with van der Waals surface area (Å²) in [5, 5.41) is 0. The third kappa shape index (κ3) is 1.56. The maximum Gasteiger partial charge on any atom is 0.0954 e. The van der Waals surface area contributed by atoms with Crippen LogP contribution < -0.4 is 5.73 Å². The molecule has 1 aromatic rings. The smallest absolute Gasteiger partial charge is 0.0954 e. The highest BCUT2D eigenvalue weighted by Crippen LogP contribution is 2.15. The van der Waals surface area contributed by atoms with Crippen LogP contribution in [-0.2, 0) is 0 Å². The normalized spacial score (nSPS) is 15.6. The molecule has 2 atom stereocenters. The van der Waals surface area contributed by atoms with E-state index in [4.69, 9.17) is 5.73 Å². The van der Waals surface area contributed by atoms with E-state index in [2.05, 4.69) is 18.5 Å². The van der Waals surface area contributed by atoms with Gasteiger partial charge in [-0.25, -0.2) is 4.98 Å². The van der Waals surface area contributed by atoms with Gasteiger partial charge in [-0.15, -0.1) is 6.58 Å². The molecule has 0 saturated carbocycles. The van der Waals surface area contributed by atoms with Gasteiger partial charge in [0.25, 0.3) is 0 Å². The Morgan fingerprint density at radius 3 is 2.83 bits per heavy atom. The predicted molar refractivity (Wildman–Crippen MR) is 49.7 cm³/mol. The monoisotopic (exact) mass is 165 g/mol. The molecule has 1 heterocycles. The number of allylic oxidation sites excluding steroid dienone is 1. The van der Waals surface area contributed by atoms with Crippen molar-refractivity contribution in [3.8, 4) is 0 Å². The molecule has 1 unspecified atom stereocenters. The fourth-order valence-electron chi connectivity index (χ4n) is 1.12. The van der Waals surface area contributed by atoms with Crippen LogP contribution in [0.25, 0.3) is 0 Å². The van der Waals surface area contributed by atoms with Crippen molar-refractivity contribution in [2.24, 2.45) is 5.73 Å². The molecule has 0 aliphatic carbocycles. The van der Waals surface area contributed by atoms with Crippen molar-refractivity contribution in [2.75, 3.05) is 0 Å². The summed E-state index contributed by atoms with van der Waals surface area (Å²) in [7, 11) is 0. The number of aromatic nitrogens is 2. The van der Waals surface area contributed by atoms with Gasteiger partial charge in [0.15, 0.2) is 0 Å². The van der Waals surface area contributed by atoms with Crippen molar-refractivity contribution in [3.05, 3.63) is 30.9 Å². The van der Waals surface area contributed by atoms with E-state index in [9.17, 15) is 0 Å². The topological polar surface area (TPSA) is 43.8 Å². The number of hydrogen-bond acceptors (Lipinski definition) is 2.